The molecule has 0 spiro atoms. The van der Waals surface area contributed by atoms with Gasteiger partial charge in [0.15, 0.2) is 0 Å². The van der Waals surface area contributed by atoms with E-state index in [4.69, 9.17) is 23.7 Å². The Hall–Kier alpha value is -2.74. The Bertz CT molecular complexity index is 769. The molecule has 8 heteroatoms. The van der Waals surface area contributed by atoms with Crippen LogP contribution in [0.15, 0.2) is 28.7 Å². The van der Waals surface area contributed by atoms with E-state index < -0.39 is 12.1 Å². The van der Waals surface area contributed by atoms with Crippen LogP contribution in [0.1, 0.15) is 17.5 Å². The minimum atomic E-state index is -0.959. The first-order valence-corrected chi connectivity index (χ1v) is 8.00. The molecule has 1 fully saturated rings. The van der Waals surface area contributed by atoms with E-state index in [-0.39, 0.29) is 31.6 Å². The van der Waals surface area contributed by atoms with Gasteiger partial charge in [-0.1, -0.05) is 0 Å². The van der Waals surface area contributed by atoms with Gasteiger partial charge in [-0.25, -0.2) is 9.59 Å². The van der Waals surface area contributed by atoms with Gasteiger partial charge in [-0.05, 0) is 31.2 Å². The number of nitrogens with zero attached hydrogens (tertiary/aromatic N) is 1. The molecule has 0 unspecified atom stereocenters. The van der Waals surface area contributed by atoms with E-state index in [1.54, 1.807) is 31.2 Å². The van der Waals surface area contributed by atoms with Crippen molar-refractivity contribution in [3.05, 3.63) is 30.0 Å². The highest BCUT2D eigenvalue weighted by Crippen LogP contribution is 2.25. The minimum absolute atomic E-state index is 0.140. The summed E-state index contributed by atoms with van der Waals surface area (Å²) in [7, 11) is 0. The SMILES string of the molecule is CCOC(=O)c1cc2cc(OC[C@@H]3CN(C(=O)O)CCO3)ccc2o1. The van der Waals surface area contributed by atoms with Crippen molar-refractivity contribution >= 4 is 23.0 Å². The number of esters is 1. The van der Waals surface area contributed by atoms with Gasteiger partial charge >= 0.3 is 12.1 Å². The molecule has 2 heterocycles. The lowest BCUT2D eigenvalue weighted by Crippen LogP contribution is -2.47. The van der Waals surface area contributed by atoms with Gasteiger partial charge in [0.2, 0.25) is 5.76 Å². The molecule has 0 bridgehead atoms. The van der Waals surface area contributed by atoms with E-state index in [0.29, 0.717) is 24.5 Å². The second kappa shape index (κ2) is 7.43. The molecule has 1 saturated heterocycles. The van der Waals surface area contributed by atoms with E-state index in [1.165, 1.54) is 4.90 Å². The predicted octanol–water partition coefficient (Wildman–Crippen LogP) is 2.37. The van der Waals surface area contributed by atoms with Gasteiger partial charge in [-0.15, -0.1) is 0 Å². The summed E-state index contributed by atoms with van der Waals surface area (Å²) in [5, 5.41) is 9.75. The van der Waals surface area contributed by atoms with Gasteiger partial charge in [0.25, 0.3) is 0 Å². The summed E-state index contributed by atoms with van der Waals surface area (Å²) in [6.45, 7) is 3.23. The molecule has 1 aliphatic heterocycles. The summed E-state index contributed by atoms with van der Waals surface area (Å²) >= 11 is 0. The number of amides is 1. The minimum Gasteiger partial charge on any atom is -0.491 e. The van der Waals surface area contributed by atoms with Crippen molar-refractivity contribution in [1.29, 1.82) is 0 Å². The maximum Gasteiger partial charge on any atom is 0.407 e. The molecule has 0 radical (unpaired) electrons. The van der Waals surface area contributed by atoms with Gasteiger partial charge < -0.3 is 28.6 Å². The molecule has 1 aromatic carbocycles. The van der Waals surface area contributed by atoms with Crippen molar-refractivity contribution in [2.24, 2.45) is 0 Å². The molecule has 8 nitrogen and oxygen atoms in total. The number of carboxylic acid groups (broad SMARTS) is 1. The smallest absolute Gasteiger partial charge is 0.407 e. The third kappa shape index (κ3) is 4.03. The second-order valence-corrected chi connectivity index (χ2v) is 5.56. The molecule has 1 atom stereocenters. The molecule has 1 N–H and O–H groups in total. The summed E-state index contributed by atoms with van der Waals surface area (Å²) in [5.41, 5.74) is 0.557. The van der Waals surface area contributed by atoms with Crippen LogP contribution in [0.2, 0.25) is 0 Å². The van der Waals surface area contributed by atoms with E-state index in [9.17, 15) is 9.59 Å². The number of hydrogen-bond acceptors (Lipinski definition) is 6. The number of benzene rings is 1. The maximum atomic E-state index is 11.7. The van der Waals surface area contributed by atoms with E-state index in [2.05, 4.69) is 0 Å². The van der Waals surface area contributed by atoms with Crippen molar-refractivity contribution in [3.8, 4) is 5.75 Å². The number of hydrogen-bond donors (Lipinski definition) is 1. The Morgan fingerprint density at radius 3 is 2.96 bits per heavy atom. The van der Waals surface area contributed by atoms with Crippen molar-refractivity contribution in [2.45, 2.75) is 13.0 Å². The second-order valence-electron chi connectivity index (χ2n) is 5.56. The molecule has 0 aliphatic carbocycles. The summed E-state index contributed by atoms with van der Waals surface area (Å²) in [5.74, 6) is 0.215. The number of furan rings is 1. The Morgan fingerprint density at radius 1 is 1.36 bits per heavy atom. The molecule has 1 aromatic heterocycles. The van der Waals surface area contributed by atoms with Crippen molar-refractivity contribution < 1.29 is 33.3 Å². The van der Waals surface area contributed by atoms with Gasteiger partial charge in [0.05, 0.1) is 19.8 Å². The van der Waals surface area contributed by atoms with Crippen molar-refractivity contribution in [3.63, 3.8) is 0 Å². The number of carbonyl (C=O) groups excluding carboxylic acids is 1. The molecule has 1 amide bonds. The Labute approximate surface area is 143 Å². The average Bonchev–Trinajstić information content (AvgIpc) is 3.04. The lowest BCUT2D eigenvalue weighted by atomic mass is 10.2. The van der Waals surface area contributed by atoms with Crippen molar-refractivity contribution in [2.75, 3.05) is 32.9 Å². The molecular weight excluding hydrogens is 330 g/mol. The van der Waals surface area contributed by atoms with E-state index in [1.807, 2.05) is 0 Å². The highest BCUT2D eigenvalue weighted by Gasteiger charge is 2.24. The number of ether oxygens (including phenoxy) is 3. The molecule has 0 saturated carbocycles. The largest absolute Gasteiger partial charge is 0.491 e. The fourth-order valence-electron chi connectivity index (χ4n) is 2.60. The fourth-order valence-corrected chi connectivity index (χ4v) is 2.60. The zero-order valence-electron chi connectivity index (χ0n) is 13.8. The van der Waals surface area contributed by atoms with Gasteiger partial charge in [-0.2, -0.15) is 0 Å². The molecule has 3 rings (SSSR count). The third-order valence-electron chi connectivity index (χ3n) is 3.81. The summed E-state index contributed by atoms with van der Waals surface area (Å²) in [6, 6.07) is 6.78. The third-order valence-corrected chi connectivity index (χ3v) is 3.81. The van der Waals surface area contributed by atoms with Crippen LogP contribution in [0.4, 0.5) is 4.79 Å². The number of morpholine rings is 1. The van der Waals surface area contributed by atoms with E-state index in [0.717, 1.165) is 5.39 Å². The zero-order valence-corrected chi connectivity index (χ0v) is 13.8. The lowest BCUT2D eigenvalue weighted by molar-refractivity contribution is -0.0411. The van der Waals surface area contributed by atoms with Gasteiger partial charge in [-0.3, -0.25) is 0 Å². The van der Waals surface area contributed by atoms with Gasteiger partial charge in [0, 0.05) is 11.9 Å². The quantitative estimate of drug-likeness (QED) is 0.827. The molecule has 25 heavy (non-hydrogen) atoms. The fraction of sp³-hybridized carbons (Fsp3) is 0.412. The van der Waals surface area contributed by atoms with Crippen LogP contribution in [0.25, 0.3) is 11.0 Å². The number of rotatable bonds is 5. The van der Waals surface area contributed by atoms with Crippen LogP contribution < -0.4 is 4.74 Å². The molecule has 134 valence electrons. The first-order valence-electron chi connectivity index (χ1n) is 8.00. The summed E-state index contributed by atoms with van der Waals surface area (Å²) < 4.78 is 21.6. The molecule has 1 aliphatic rings. The summed E-state index contributed by atoms with van der Waals surface area (Å²) in [4.78, 5) is 24.0. The normalized spacial score (nSPS) is 17.5. The first-order chi connectivity index (χ1) is 12.1. The standard InChI is InChI=1S/C17H19NO7/c1-2-22-16(19)15-8-11-7-12(3-4-14(11)25-15)24-10-13-9-18(17(20)21)5-6-23-13/h3-4,7-8,13H,2,5-6,9-10H2,1H3,(H,20,21)/t13-/m0/s1. The predicted molar refractivity (Wildman–Crippen MR) is 87.0 cm³/mol. The monoisotopic (exact) mass is 349 g/mol. The van der Waals surface area contributed by atoms with Crippen LogP contribution in [0, 0.1) is 0 Å². The van der Waals surface area contributed by atoms with Crippen LogP contribution in [0.5, 0.6) is 5.75 Å². The van der Waals surface area contributed by atoms with E-state index >= 15 is 0 Å². The number of fused-ring (bicyclic) bond motifs is 1. The maximum absolute atomic E-state index is 11.7. The topological polar surface area (TPSA) is 98.4 Å². The molecule has 2 aromatic rings. The molecular formula is C17H19NO7. The van der Waals surface area contributed by atoms with Crippen LogP contribution in [-0.2, 0) is 9.47 Å². The van der Waals surface area contributed by atoms with Crippen LogP contribution >= 0.6 is 0 Å². The van der Waals surface area contributed by atoms with Crippen molar-refractivity contribution in [1.82, 2.24) is 4.90 Å². The zero-order chi connectivity index (χ0) is 17.8. The Balaban J connectivity index is 1.64. The Morgan fingerprint density at radius 2 is 2.20 bits per heavy atom. The average molecular weight is 349 g/mol. The highest BCUT2D eigenvalue weighted by molar-refractivity contribution is 5.92. The first kappa shape index (κ1) is 17.1. The van der Waals surface area contributed by atoms with Crippen LogP contribution in [0.3, 0.4) is 0 Å². The lowest BCUT2D eigenvalue weighted by Gasteiger charge is -2.30. The summed E-state index contributed by atoms with van der Waals surface area (Å²) in [6.07, 6.45) is -1.28. The Kier molecular flexibility index (Phi) is 5.08. The van der Waals surface area contributed by atoms with Gasteiger partial charge in [0.1, 0.15) is 24.0 Å². The number of carbonyl (C=O) groups is 2. The highest BCUT2D eigenvalue weighted by atomic mass is 16.5. The van der Waals surface area contributed by atoms with Crippen LogP contribution in [-0.4, -0.2) is 61.1 Å².